The molecule has 7 heteroatoms. The maximum Gasteiger partial charge on any atom is 0.338 e. The minimum Gasteiger partial charge on any atom is -0.462 e. The van der Waals surface area contributed by atoms with E-state index in [4.69, 9.17) is 4.74 Å². The third kappa shape index (κ3) is 5.27. The van der Waals surface area contributed by atoms with Gasteiger partial charge in [-0.3, -0.25) is 4.79 Å². The maximum atomic E-state index is 12.4. The summed E-state index contributed by atoms with van der Waals surface area (Å²) in [4.78, 5) is 32.5. The molecule has 0 radical (unpaired) electrons. The minimum absolute atomic E-state index is 0.278. The van der Waals surface area contributed by atoms with E-state index in [0.29, 0.717) is 29.5 Å². The maximum absolute atomic E-state index is 12.4. The van der Waals surface area contributed by atoms with E-state index in [1.54, 1.807) is 37.3 Å². The molecule has 7 nitrogen and oxygen atoms in total. The Morgan fingerprint density at radius 3 is 2.48 bits per heavy atom. The standard InChI is InChI=1S/C18H22N4O3/c1-4-10-19-18-20-12(3)11-15(22-18)16(23)21-14-8-6-13(7-9-14)17(24)25-5-2/h6-9,11H,4-5,10H2,1-3H3,(H,21,23)(H,19,20,22). The smallest absolute Gasteiger partial charge is 0.338 e. The Morgan fingerprint density at radius 1 is 1.12 bits per heavy atom. The summed E-state index contributed by atoms with van der Waals surface area (Å²) in [5.74, 6) is -0.294. The highest BCUT2D eigenvalue weighted by Gasteiger charge is 2.12. The lowest BCUT2D eigenvalue weighted by Gasteiger charge is -2.09. The van der Waals surface area contributed by atoms with Crippen molar-refractivity contribution in [3.63, 3.8) is 0 Å². The highest BCUT2D eigenvalue weighted by Crippen LogP contribution is 2.13. The fraction of sp³-hybridized carbons (Fsp3) is 0.333. The van der Waals surface area contributed by atoms with Crippen molar-refractivity contribution >= 4 is 23.5 Å². The minimum atomic E-state index is -0.390. The first-order chi connectivity index (χ1) is 12.0. The SMILES string of the molecule is CCCNc1nc(C)cc(C(=O)Nc2ccc(C(=O)OCC)cc2)n1. The second kappa shape index (κ2) is 8.77. The first kappa shape index (κ1) is 18.4. The molecule has 0 aliphatic carbocycles. The van der Waals surface area contributed by atoms with Crippen molar-refractivity contribution < 1.29 is 14.3 Å². The van der Waals surface area contributed by atoms with Crippen LogP contribution in [0, 0.1) is 6.92 Å². The summed E-state index contributed by atoms with van der Waals surface area (Å²) in [6.07, 6.45) is 0.936. The molecule has 0 fully saturated rings. The molecule has 0 atom stereocenters. The molecular weight excluding hydrogens is 320 g/mol. The lowest BCUT2D eigenvalue weighted by molar-refractivity contribution is 0.0526. The number of nitrogens with zero attached hydrogens (tertiary/aromatic N) is 2. The molecule has 1 aromatic heterocycles. The quantitative estimate of drug-likeness (QED) is 0.751. The van der Waals surface area contributed by atoms with E-state index in [1.807, 2.05) is 13.8 Å². The third-order valence-corrected chi connectivity index (χ3v) is 3.27. The van der Waals surface area contributed by atoms with Crippen molar-refractivity contribution in [1.82, 2.24) is 9.97 Å². The van der Waals surface area contributed by atoms with Gasteiger partial charge < -0.3 is 15.4 Å². The van der Waals surface area contributed by atoms with Gasteiger partial charge in [0.25, 0.3) is 5.91 Å². The van der Waals surface area contributed by atoms with Gasteiger partial charge >= 0.3 is 5.97 Å². The molecule has 0 unspecified atom stereocenters. The third-order valence-electron chi connectivity index (χ3n) is 3.27. The second-order valence-corrected chi connectivity index (χ2v) is 5.40. The van der Waals surface area contributed by atoms with E-state index >= 15 is 0 Å². The zero-order chi connectivity index (χ0) is 18.2. The summed E-state index contributed by atoms with van der Waals surface area (Å²) in [5, 5.41) is 5.83. The van der Waals surface area contributed by atoms with E-state index in [9.17, 15) is 9.59 Å². The number of anilines is 2. The monoisotopic (exact) mass is 342 g/mol. The molecule has 0 aliphatic rings. The van der Waals surface area contributed by atoms with Gasteiger partial charge in [0.15, 0.2) is 0 Å². The van der Waals surface area contributed by atoms with Crippen LogP contribution < -0.4 is 10.6 Å². The van der Waals surface area contributed by atoms with Gasteiger partial charge in [0.1, 0.15) is 5.69 Å². The molecule has 2 rings (SSSR count). The number of rotatable bonds is 7. The number of benzene rings is 1. The predicted molar refractivity (Wildman–Crippen MR) is 95.9 cm³/mol. The Hall–Kier alpha value is -2.96. The van der Waals surface area contributed by atoms with Crippen LogP contribution in [0.1, 0.15) is 46.8 Å². The molecule has 0 saturated carbocycles. The van der Waals surface area contributed by atoms with Gasteiger partial charge in [0.2, 0.25) is 5.95 Å². The number of amides is 1. The summed E-state index contributed by atoms with van der Waals surface area (Å²) < 4.78 is 4.93. The Bertz CT molecular complexity index is 744. The van der Waals surface area contributed by atoms with Crippen molar-refractivity contribution in [1.29, 1.82) is 0 Å². The first-order valence-electron chi connectivity index (χ1n) is 8.21. The number of hydrogen-bond donors (Lipinski definition) is 2. The van der Waals surface area contributed by atoms with E-state index < -0.39 is 5.97 Å². The molecular formula is C18H22N4O3. The van der Waals surface area contributed by atoms with Gasteiger partial charge in [-0.2, -0.15) is 0 Å². The molecule has 0 bridgehead atoms. The van der Waals surface area contributed by atoms with Gasteiger partial charge in [-0.25, -0.2) is 14.8 Å². The fourth-order valence-corrected chi connectivity index (χ4v) is 2.10. The van der Waals surface area contributed by atoms with Crippen molar-refractivity contribution in [2.45, 2.75) is 27.2 Å². The number of aromatic nitrogens is 2. The van der Waals surface area contributed by atoms with Crippen LogP contribution in [-0.2, 0) is 4.74 Å². The number of carbonyl (C=O) groups excluding carboxylic acids is 2. The average molecular weight is 342 g/mol. The molecule has 1 aromatic carbocycles. The van der Waals surface area contributed by atoms with Crippen LogP contribution in [0.5, 0.6) is 0 Å². The average Bonchev–Trinajstić information content (AvgIpc) is 2.60. The van der Waals surface area contributed by atoms with Crippen LogP contribution >= 0.6 is 0 Å². The second-order valence-electron chi connectivity index (χ2n) is 5.40. The largest absolute Gasteiger partial charge is 0.462 e. The lowest BCUT2D eigenvalue weighted by atomic mass is 10.2. The molecule has 2 N–H and O–H groups in total. The van der Waals surface area contributed by atoms with Crippen LogP contribution in [-0.4, -0.2) is 35.0 Å². The van der Waals surface area contributed by atoms with Gasteiger partial charge in [-0.05, 0) is 50.6 Å². The van der Waals surface area contributed by atoms with Crippen molar-refractivity contribution in [2.75, 3.05) is 23.8 Å². The van der Waals surface area contributed by atoms with Gasteiger partial charge in [0, 0.05) is 17.9 Å². The zero-order valence-corrected chi connectivity index (χ0v) is 14.6. The summed E-state index contributed by atoms with van der Waals surface area (Å²) >= 11 is 0. The number of hydrogen-bond acceptors (Lipinski definition) is 6. The number of aryl methyl sites for hydroxylation is 1. The van der Waals surface area contributed by atoms with E-state index in [-0.39, 0.29) is 11.6 Å². The Morgan fingerprint density at radius 2 is 1.84 bits per heavy atom. The highest BCUT2D eigenvalue weighted by molar-refractivity contribution is 6.03. The molecule has 1 amide bonds. The van der Waals surface area contributed by atoms with Crippen LogP contribution in [0.3, 0.4) is 0 Å². The van der Waals surface area contributed by atoms with E-state index in [0.717, 1.165) is 13.0 Å². The summed E-state index contributed by atoms with van der Waals surface area (Å²) in [7, 11) is 0. The van der Waals surface area contributed by atoms with Crippen molar-refractivity contribution in [3.8, 4) is 0 Å². The lowest BCUT2D eigenvalue weighted by Crippen LogP contribution is -2.16. The molecule has 2 aromatic rings. The Labute approximate surface area is 146 Å². The van der Waals surface area contributed by atoms with E-state index in [2.05, 4.69) is 20.6 Å². The van der Waals surface area contributed by atoms with Gasteiger partial charge in [-0.15, -0.1) is 0 Å². The topological polar surface area (TPSA) is 93.2 Å². The Kier molecular flexibility index (Phi) is 6.45. The number of nitrogens with one attached hydrogen (secondary N) is 2. The van der Waals surface area contributed by atoms with Gasteiger partial charge in [0.05, 0.1) is 12.2 Å². The summed E-state index contributed by atoms with van der Waals surface area (Å²) in [5.41, 5.74) is 1.98. The molecule has 0 saturated heterocycles. The molecule has 25 heavy (non-hydrogen) atoms. The number of ether oxygens (including phenoxy) is 1. The fourth-order valence-electron chi connectivity index (χ4n) is 2.10. The van der Waals surface area contributed by atoms with Crippen LogP contribution in [0.2, 0.25) is 0 Å². The molecule has 0 spiro atoms. The molecule has 1 heterocycles. The van der Waals surface area contributed by atoms with E-state index in [1.165, 1.54) is 0 Å². The number of carbonyl (C=O) groups is 2. The summed E-state index contributed by atoms with van der Waals surface area (Å²) in [6.45, 7) is 6.65. The van der Waals surface area contributed by atoms with Crippen molar-refractivity contribution in [2.24, 2.45) is 0 Å². The van der Waals surface area contributed by atoms with Crippen LogP contribution in [0.4, 0.5) is 11.6 Å². The van der Waals surface area contributed by atoms with Crippen LogP contribution in [0.25, 0.3) is 0 Å². The highest BCUT2D eigenvalue weighted by atomic mass is 16.5. The number of esters is 1. The van der Waals surface area contributed by atoms with Crippen molar-refractivity contribution in [3.05, 3.63) is 47.3 Å². The molecule has 0 aliphatic heterocycles. The zero-order valence-electron chi connectivity index (χ0n) is 14.6. The summed E-state index contributed by atoms with van der Waals surface area (Å²) in [6, 6.07) is 8.13. The first-order valence-corrected chi connectivity index (χ1v) is 8.21. The normalized spacial score (nSPS) is 10.2. The molecule has 132 valence electrons. The van der Waals surface area contributed by atoms with Gasteiger partial charge in [-0.1, -0.05) is 6.92 Å². The predicted octanol–water partition coefficient (Wildman–Crippen LogP) is 3.04. The Balaban J connectivity index is 2.08. The van der Waals surface area contributed by atoms with Crippen LogP contribution in [0.15, 0.2) is 30.3 Å².